The summed E-state index contributed by atoms with van der Waals surface area (Å²) in [5.41, 5.74) is 5.53. The van der Waals surface area contributed by atoms with Gasteiger partial charge in [0.1, 0.15) is 0 Å². The van der Waals surface area contributed by atoms with E-state index in [1.165, 1.54) is 0 Å². The molecule has 0 aliphatic rings. The minimum Gasteiger partial charge on any atom is -0.356 e. The molecule has 1 unspecified atom stereocenters. The van der Waals surface area contributed by atoms with Crippen molar-refractivity contribution < 1.29 is 9.59 Å². The fraction of sp³-hybridized carbons (Fsp3) is 0.846. The Morgan fingerprint density at radius 2 is 1.89 bits per heavy atom. The van der Waals surface area contributed by atoms with Crippen LogP contribution in [0, 0.1) is 11.8 Å². The van der Waals surface area contributed by atoms with E-state index >= 15 is 0 Å². The van der Waals surface area contributed by atoms with Crippen LogP contribution in [0.3, 0.4) is 0 Å². The topological polar surface area (TPSA) is 84.2 Å². The zero-order valence-corrected chi connectivity index (χ0v) is 11.8. The average Bonchev–Trinajstić information content (AvgIpc) is 2.33. The van der Waals surface area contributed by atoms with Gasteiger partial charge in [-0.25, -0.2) is 0 Å². The molecule has 0 saturated heterocycles. The van der Waals surface area contributed by atoms with Crippen molar-refractivity contribution in [3.8, 4) is 0 Å². The number of hydrogen-bond acceptors (Lipinski definition) is 3. The molecule has 0 aliphatic heterocycles. The van der Waals surface area contributed by atoms with Crippen LogP contribution in [0.5, 0.6) is 0 Å². The molecule has 0 spiro atoms. The maximum Gasteiger partial charge on any atom is 0.224 e. The third-order valence-electron chi connectivity index (χ3n) is 2.65. The van der Waals surface area contributed by atoms with Gasteiger partial charge < -0.3 is 16.4 Å². The van der Waals surface area contributed by atoms with Crippen molar-refractivity contribution in [3.63, 3.8) is 0 Å². The summed E-state index contributed by atoms with van der Waals surface area (Å²) in [6.45, 7) is 7.52. The van der Waals surface area contributed by atoms with Crippen molar-refractivity contribution >= 4 is 11.8 Å². The van der Waals surface area contributed by atoms with E-state index in [0.717, 1.165) is 12.8 Å². The molecule has 4 N–H and O–H groups in total. The number of nitrogens with one attached hydrogen (secondary N) is 2. The quantitative estimate of drug-likeness (QED) is 0.567. The predicted octanol–water partition coefficient (Wildman–Crippen LogP) is 0.640. The minimum atomic E-state index is -0.131. The van der Waals surface area contributed by atoms with Gasteiger partial charge in [0.15, 0.2) is 0 Å². The van der Waals surface area contributed by atoms with Crippen molar-refractivity contribution in [1.82, 2.24) is 10.6 Å². The van der Waals surface area contributed by atoms with Crippen molar-refractivity contribution in [2.24, 2.45) is 17.6 Å². The molecule has 1 atom stereocenters. The van der Waals surface area contributed by atoms with Gasteiger partial charge in [-0.05, 0) is 12.3 Å². The fourth-order valence-electron chi connectivity index (χ4n) is 1.55. The summed E-state index contributed by atoms with van der Waals surface area (Å²) < 4.78 is 0. The second-order valence-corrected chi connectivity index (χ2v) is 4.96. The Hall–Kier alpha value is -1.10. The minimum absolute atomic E-state index is 0.0243. The second kappa shape index (κ2) is 9.88. The zero-order chi connectivity index (χ0) is 14.0. The van der Waals surface area contributed by atoms with E-state index < -0.39 is 0 Å². The first-order valence-electron chi connectivity index (χ1n) is 6.75. The Balaban J connectivity index is 3.75. The van der Waals surface area contributed by atoms with Gasteiger partial charge in [0.25, 0.3) is 0 Å². The highest BCUT2D eigenvalue weighted by molar-refractivity contribution is 5.80. The summed E-state index contributed by atoms with van der Waals surface area (Å²) >= 11 is 0. The van der Waals surface area contributed by atoms with Crippen LogP contribution in [-0.4, -0.2) is 31.4 Å². The molecule has 0 radical (unpaired) electrons. The average molecular weight is 257 g/mol. The van der Waals surface area contributed by atoms with Gasteiger partial charge in [-0.3, -0.25) is 9.59 Å². The summed E-state index contributed by atoms with van der Waals surface area (Å²) in [6, 6.07) is 0. The van der Waals surface area contributed by atoms with Crippen molar-refractivity contribution in [3.05, 3.63) is 0 Å². The van der Waals surface area contributed by atoms with E-state index in [-0.39, 0.29) is 17.7 Å². The summed E-state index contributed by atoms with van der Waals surface area (Å²) in [4.78, 5) is 23.1. The molecule has 0 fully saturated rings. The number of carbonyl (C=O) groups excluding carboxylic acids is 2. The molecule has 0 rings (SSSR count). The maximum absolute atomic E-state index is 11.7. The number of rotatable bonds is 9. The van der Waals surface area contributed by atoms with Crippen LogP contribution in [0.1, 0.15) is 40.0 Å². The Bertz CT molecular complexity index is 255. The van der Waals surface area contributed by atoms with Gasteiger partial charge in [-0.15, -0.1) is 0 Å². The number of nitrogens with two attached hydrogens (primary N) is 1. The van der Waals surface area contributed by atoms with Crippen molar-refractivity contribution in [1.29, 1.82) is 0 Å². The lowest BCUT2D eigenvalue weighted by molar-refractivity contribution is -0.125. The summed E-state index contributed by atoms with van der Waals surface area (Å²) in [5, 5.41) is 5.57. The van der Waals surface area contributed by atoms with E-state index in [1.807, 2.05) is 20.8 Å². The van der Waals surface area contributed by atoms with E-state index in [2.05, 4.69) is 10.6 Å². The zero-order valence-electron chi connectivity index (χ0n) is 11.8. The molecule has 18 heavy (non-hydrogen) atoms. The number of hydrogen-bond donors (Lipinski definition) is 3. The largest absolute Gasteiger partial charge is 0.356 e. The van der Waals surface area contributed by atoms with E-state index in [4.69, 9.17) is 5.73 Å². The fourth-order valence-corrected chi connectivity index (χ4v) is 1.55. The van der Waals surface area contributed by atoms with Gasteiger partial charge in [-0.1, -0.05) is 27.2 Å². The molecule has 0 saturated carbocycles. The highest BCUT2D eigenvalue weighted by Gasteiger charge is 2.15. The first kappa shape index (κ1) is 16.9. The molecule has 0 bridgehead atoms. The van der Waals surface area contributed by atoms with E-state index in [1.54, 1.807) is 0 Å². The number of carbonyl (C=O) groups is 2. The van der Waals surface area contributed by atoms with Gasteiger partial charge >= 0.3 is 0 Å². The molecular weight excluding hydrogens is 230 g/mol. The van der Waals surface area contributed by atoms with Crippen LogP contribution in [0.2, 0.25) is 0 Å². The molecule has 0 aliphatic carbocycles. The van der Waals surface area contributed by atoms with Crippen LogP contribution in [0.15, 0.2) is 0 Å². The molecule has 2 amide bonds. The first-order chi connectivity index (χ1) is 8.51. The smallest absolute Gasteiger partial charge is 0.224 e. The van der Waals surface area contributed by atoms with Crippen LogP contribution in [0.4, 0.5) is 0 Å². The second-order valence-electron chi connectivity index (χ2n) is 4.96. The molecule has 0 heterocycles. The van der Waals surface area contributed by atoms with Crippen LogP contribution in [-0.2, 0) is 9.59 Å². The Morgan fingerprint density at radius 1 is 1.22 bits per heavy atom. The van der Waals surface area contributed by atoms with E-state index in [9.17, 15) is 9.59 Å². The molecule has 106 valence electrons. The summed E-state index contributed by atoms with van der Waals surface area (Å²) in [5.74, 6) is 0.239. The summed E-state index contributed by atoms with van der Waals surface area (Å²) in [7, 11) is 0. The van der Waals surface area contributed by atoms with Crippen molar-refractivity contribution in [2.75, 3.05) is 19.6 Å². The standard InChI is InChI=1S/C13H27N3O2/c1-4-5-11(8-14)13(18)15-7-6-12(17)16-9-10(2)3/h10-11H,4-9,14H2,1-3H3,(H,15,18)(H,16,17). The Morgan fingerprint density at radius 3 is 2.39 bits per heavy atom. The molecule has 5 heteroatoms. The molecule has 5 nitrogen and oxygen atoms in total. The monoisotopic (exact) mass is 257 g/mol. The predicted molar refractivity (Wildman–Crippen MR) is 72.9 cm³/mol. The lowest BCUT2D eigenvalue weighted by atomic mass is 10.0. The maximum atomic E-state index is 11.7. The number of amides is 2. The van der Waals surface area contributed by atoms with Crippen molar-refractivity contribution in [2.45, 2.75) is 40.0 Å². The molecular formula is C13H27N3O2. The Labute approximate surface area is 110 Å². The third kappa shape index (κ3) is 8.06. The molecule has 0 aromatic carbocycles. The highest BCUT2D eigenvalue weighted by Crippen LogP contribution is 2.03. The Kier molecular flexibility index (Phi) is 9.28. The normalized spacial score (nSPS) is 12.3. The lowest BCUT2D eigenvalue weighted by Gasteiger charge is -2.14. The van der Waals surface area contributed by atoms with Crippen LogP contribution < -0.4 is 16.4 Å². The van der Waals surface area contributed by atoms with Gasteiger partial charge in [0, 0.05) is 26.1 Å². The molecule has 0 aromatic rings. The lowest BCUT2D eigenvalue weighted by Crippen LogP contribution is -2.37. The van der Waals surface area contributed by atoms with Gasteiger partial charge in [0.05, 0.1) is 5.92 Å². The van der Waals surface area contributed by atoms with Crippen LogP contribution in [0.25, 0.3) is 0 Å². The summed E-state index contributed by atoms with van der Waals surface area (Å²) in [6.07, 6.45) is 2.05. The first-order valence-corrected chi connectivity index (χ1v) is 6.75. The van der Waals surface area contributed by atoms with Gasteiger partial charge in [-0.2, -0.15) is 0 Å². The molecule has 0 aromatic heterocycles. The SMILES string of the molecule is CCCC(CN)C(=O)NCCC(=O)NCC(C)C. The highest BCUT2D eigenvalue weighted by atomic mass is 16.2. The third-order valence-corrected chi connectivity index (χ3v) is 2.65. The van der Waals surface area contributed by atoms with Crippen LogP contribution >= 0.6 is 0 Å². The van der Waals surface area contributed by atoms with E-state index in [0.29, 0.717) is 32.0 Å². The van der Waals surface area contributed by atoms with Gasteiger partial charge in [0.2, 0.25) is 11.8 Å².